The Morgan fingerprint density at radius 3 is 2.68 bits per heavy atom. The van der Waals surface area contributed by atoms with Crippen molar-refractivity contribution in [1.29, 1.82) is 0 Å². The molecule has 0 spiro atoms. The zero-order chi connectivity index (χ0) is 23.2. The number of carbonyl (C=O) groups is 2. The predicted octanol–water partition coefficient (Wildman–Crippen LogP) is 4.06. The fourth-order valence-electron chi connectivity index (χ4n) is 2.94. The van der Waals surface area contributed by atoms with Gasteiger partial charge in [-0.2, -0.15) is 0 Å². The fourth-order valence-corrected chi connectivity index (χ4v) is 3.18. The number of hydrogen-bond acceptors (Lipinski definition) is 7. The zero-order valence-electron chi connectivity index (χ0n) is 17.9. The van der Waals surface area contributed by atoms with Crippen molar-refractivity contribution < 1.29 is 28.7 Å². The molecule has 1 fully saturated rings. The molecule has 1 amide bonds. The van der Waals surface area contributed by atoms with Crippen molar-refractivity contribution in [3.05, 3.63) is 32.8 Å². The molecule has 168 valence electrons. The molecule has 0 aliphatic carbocycles. The van der Waals surface area contributed by atoms with Gasteiger partial charge in [0.1, 0.15) is 18.0 Å². The molecular weight excluding hydrogens is 428 g/mol. The van der Waals surface area contributed by atoms with Crippen LogP contribution >= 0.6 is 11.6 Å². The van der Waals surface area contributed by atoms with E-state index in [2.05, 4.69) is 16.6 Å². The quantitative estimate of drug-likeness (QED) is 0.293. The van der Waals surface area contributed by atoms with Crippen LogP contribution in [-0.2, 0) is 9.47 Å². The highest BCUT2D eigenvalue weighted by molar-refractivity contribution is 6.34. The summed E-state index contributed by atoms with van der Waals surface area (Å²) in [6.07, 6.45) is 1.27. The number of hydrogen-bond donors (Lipinski definition) is 0. The Balaban J connectivity index is 2.04. The van der Waals surface area contributed by atoms with Gasteiger partial charge in [0, 0.05) is 25.1 Å². The summed E-state index contributed by atoms with van der Waals surface area (Å²) in [6.45, 7) is 6.41. The zero-order valence-corrected chi connectivity index (χ0v) is 18.7. The van der Waals surface area contributed by atoms with Crippen LogP contribution in [0.4, 0.5) is 10.5 Å². The predicted molar refractivity (Wildman–Crippen MR) is 113 cm³/mol. The summed E-state index contributed by atoms with van der Waals surface area (Å²) in [6, 6.07) is 2.30. The third-order valence-electron chi connectivity index (χ3n) is 4.32. The monoisotopic (exact) mass is 452 g/mol. The molecule has 0 N–H and O–H groups in total. The normalized spacial score (nSPS) is 16.0. The molecule has 1 aromatic rings. The van der Waals surface area contributed by atoms with Crippen LogP contribution in [0.2, 0.25) is 5.02 Å². The molecule has 9 nitrogen and oxygen atoms in total. The fraction of sp³-hybridized carbons (Fsp3) is 0.524. The van der Waals surface area contributed by atoms with Crippen molar-refractivity contribution >= 4 is 29.4 Å². The number of nitro groups is 1. The summed E-state index contributed by atoms with van der Waals surface area (Å²) in [5, 5.41) is 11.0. The Kier molecular flexibility index (Phi) is 8.11. The lowest BCUT2D eigenvalue weighted by molar-refractivity contribution is -0.384. The van der Waals surface area contributed by atoms with Crippen LogP contribution < -0.4 is 4.74 Å². The van der Waals surface area contributed by atoms with Crippen LogP contribution in [0.3, 0.4) is 0 Å². The molecule has 2 rings (SSSR count). The van der Waals surface area contributed by atoms with Gasteiger partial charge in [-0.3, -0.25) is 10.1 Å². The average molecular weight is 453 g/mol. The molecular formula is C21H25ClN2O7. The number of halogens is 1. The van der Waals surface area contributed by atoms with Crippen molar-refractivity contribution in [3.8, 4) is 17.6 Å². The topological polar surface area (TPSA) is 108 Å². The van der Waals surface area contributed by atoms with Gasteiger partial charge >= 0.3 is 12.1 Å². The summed E-state index contributed by atoms with van der Waals surface area (Å²) >= 11 is 6.03. The SMILES string of the molecule is COC(=O)c1cc(OCC#CC2CCCN(C(=O)OC(C)(C)C)C2)c(Cl)c([N+](=O)[O-])c1. The number of nitrogens with zero attached hydrogens (tertiary/aromatic N) is 2. The number of nitro benzene ring substituents is 1. The van der Waals surface area contributed by atoms with E-state index >= 15 is 0 Å². The average Bonchev–Trinajstić information content (AvgIpc) is 2.70. The van der Waals surface area contributed by atoms with Crippen molar-refractivity contribution in [2.45, 2.75) is 39.2 Å². The molecule has 0 bridgehead atoms. The van der Waals surface area contributed by atoms with Crippen molar-refractivity contribution in [2.24, 2.45) is 5.92 Å². The van der Waals surface area contributed by atoms with Crippen LogP contribution in [0, 0.1) is 27.9 Å². The maximum atomic E-state index is 12.2. The first-order valence-corrected chi connectivity index (χ1v) is 10.0. The number of rotatable bonds is 4. The van der Waals surface area contributed by atoms with E-state index in [9.17, 15) is 19.7 Å². The minimum atomic E-state index is -0.750. The largest absolute Gasteiger partial charge is 0.479 e. The van der Waals surface area contributed by atoms with E-state index in [-0.39, 0.29) is 35.0 Å². The summed E-state index contributed by atoms with van der Waals surface area (Å²) in [5.41, 5.74) is -1.08. The second-order valence-electron chi connectivity index (χ2n) is 7.93. The lowest BCUT2D eigenvalue weighted by Gasteiger charge is -2.32. The van der Waals surface area contributed by atoms with E-state index < -0.39 is 22.2 Å². The Labute approximate surface area is 185 Å². The molecule has 1 unspecified atom stereocenters. The minimum absolute atomic E-state index is 0.0374. The van der Waals surface area contributed by atoms with Crippen molar-refractivity contribution in [3.63, 3.8) is 0 Å². The number of benzene rings is 1. The van der Waals surface area contributed by atoms with Gasteiger partial charge in [0.15, 0.2) is 5.02 Å². The third-order valence-corrected chi connectivity index (χ3v) is 4.70. The van der Waals surface area contributed by atoms with E-state index in [4.69, 9.17) is 21.1 Å². The van der Waals surface area contributed by atoms with Gasteiger partial charge in [0.2, 0.25) is 0 Å². The molecule has 1 aliphatic rings. The van der Waals surface area contributed by atoms with E-state index in [1.54, 1.807) is 4.90 Å². The standard InChI is InChI=1S/C21H25ClN2O7/c1-21(2,3)31-20(26)23-9-5-7-14(13-23)8-6-10-30-17-12-15(19(25)29-4)11-16(18(17)22)24(27)28/h11-12,14H,5,7,9-10,13H2,1-4H3. The third kappa shape index (κ3) is 7.03. The molecule has 1 aliphatic heterocycles. The Bertz CT molecular complexity index is 915. The number of ether oxygens (including phenoxy) is 3. The van der Waals surface area contributed by atoms with Gasteiger partial charge in [0.05, 0.1) is 17.6 Å². The van der Waals surface area contributed by atoms with Gasteiger partial charge in [-0.25, -0.2) is 9.59 Å². The summed E-state index contributed by atoms with van der Waals surface area (Å²) in [5.74, 6) is 5.07. The van der Waals surface area contributed by atoms with Crippen LogP contribution in [-0.4, -0.2) is 54.3 Å². The maximum Gasteiger partial charge on any atom is 0.410 e. The number of amides is 1. The molecule has 1 aromatic carbocycles. The van der Waals surface area contributed by atoms with Crippen LogP contribution in [0.15, 0.2) is 12.1 Å². The van der Waals surface area contributed by atoms with Crippen molar-refractivity contribution in [2.75, 3.05) is 26.8 Å². The summed E-state index contributed by atoms with van der Waals surface area (Å²) < 4.78 is 15.5. The number of methoxy groups -OCH3 is 1. The first kappa shape index (κ1) is 24.3. The lowest BCUT2D eigenvalue weighted by atomic mass is 9.99. The van der Waals surface area contributed by atoms with Crippen molar-refractivity contribution in [1.82, 2.24) is 4.90 Å². The smallest absolute Gasteiger partial charge is 0.410 e. The molecule has 1 atom stereocenters. The van der Waals surface area contributed by atoms with E-state index in [1.807, 2.05) is 20.8 Å². The van der Waals surface area contributed by atoms with Gasteiger partial charge in [-0.05, 0) is 39.7 Å². The minimum Gasteiger partial charge on any atom is -0.479 e. The summed E-state index contributed by atoms with van der Waals surface area (Å²) in [7, 11) is 1.17. The number of esters is 1. The highest BCUT2D eigenvalue weighted by Gasteiger charge is 2.27. The summed E-state index contributed by atoms with van der Waals surface area (Å²) in [4.78, 5) is 36.1. The van der Waals surface area contributed by atoms with Gasteiger partial charge in [-0.1, -0.05) is 23.4 Å². The molecule has 31 heavy (non-hydrogen) atoms. The highest BCUT2D eigenvalue weighted by atomic mass is 35.5. The van der Waals surface area contributed by atoms with E-state index in [1.165, 1.54) is 13.2 Å². The highest BCUT2D eigenvalue weighted by Crippen LogP contribution is 2.35. The first-order valence-electron chi connectivity index (χ1n) is 9.67. The van der Waals surface area contributed by atoms with Crippen LogP contribution in [0.25, 0.3) is 0 Å². The molecule has 1 heterocycles. The molecule has 0 saturated carbocycles. The first-order chi connectivity index (χ1) is 14.5. The molecule has 0 radical (unpaired) electrons. The van der Waals surface area contributed by atoms with E-state index in [0.29, 0.717) is 13.1 Å². The molecule has 1 saturated heterocycles. The lowest BCUT2D eigenvalue weighted by Crippen LogP contribution is -2.42. The van der Waals surface area contributed by atoms with Crippen LogP contribution in [0.1, 0.15) is 44.0 Å². The number of likely N-dealkylation sites (tertiary alicyclic amines) is 1. The number of piperidine rings is 1. The molecule has 10 heteroatoms. The second-order valence-corrected chi connectivity index (χ2v) is 8.31. The van der Waals surface area contributed by atoms with Crippen LogP contribution in [0.5, 0.6) is 5.75 Å². The maximum absolute atomic E-state index is 12.2. The van der Waals surface area contributed by atoms with Gasteiger partial charge < -0.3 is 19.1 Å². The second kappa shape index (κ2) is 10.4. The Hall–Kier alpha value is -2.99. The number of carbonyl (C=O) groups excluding carboxylic acids is 2. The Morgan fingerprint density at radius 1 is 1.35 bits per heavy atom. The van der Waals surface area contributed by atoms with E-state index in [0.717, 1.165) is 18.9 Å². The van der Waals surface area contributed by atoms with Gasteiger partial charge in [0.25, 0.3) is 5.69 Å². The molecule has 0 aromatic heterocycles. The Morgan fingerprint density at radius 2 is 2.06 bits per heavy atom. The van der Waals surface area contributed by atoms with Gasteiger partial charge in [-0.15, -0.1) is 0 Å².